The van der Waals surface area contributed by atoms with Gasteiger partial charge in [0.2, 0.25) is 17.8 Å². The van der Waals surface area contributed by atoms with Crippen LogP contribution in [-0.4, -0.2) is 53.6 Å². The number of nitrogens with one attached hydrogen (secondary N) is 1. The monoisotopic (exact) mass is 448 g/mol. The van der Waals surface area contributed by atoms with Crippen LogP contribution in [0, 0.1) is 5.92 Å². The topological polar surface area (TPSA) is 85.7 Å². The van der Waals surface area contributed by atoms with Crippen LogP contribution in [0.3, 0.4) is 0 Å². The van der Waals surface area contributed by atoms with Crippen LogP contribution in [0.2, 0.25) is 0 Å². The quantitative estimate of drug-likeness (QED) is 0.539. The maximum atomic E-state index is 12.8. The largest absolute Gasteiger partial charge is 0.497 e. The lowest BCUT2D eigenvalue weighted by Crippen LogP contribution is -2.39. The number of ether oxygens (including phenoxy) is 2. The van der Waals surface area contributed by atoms with Crippen LogP contribution in [0.25, 0.3) is 16.9 Å². The van der Waals surface area contributed by atoms with E-state index in [-0.39, 0.29) is 24.3 Å². The first-order chi connectivity index (χ1) is 16.0. The summed E-state index contributed by atoms with van der Waals surface area (Å²) in [6.07, 6.45) is 3.68. The maximum Gasteiger partial charge on any atom is 0.246 e. The summed E-state index contributed by atoms with van der Waals surface area (Å²) >= 11 is 0. The molecule has 1 heterocycles. The molecular weight excluding hydrogens is 420 g/mol. The molecule has 33 heavy (non-hydrogen) atoms. The van der Waals surface area contributed by atoms with Gasteiger partial charge in [0.05, 0.1) is 26.5 Å². The third kappa shape index (κ3) is 5.16. The summed E-state index contributed by atoms with van der Waals surface area (Å²) in [5.74, 6) is 1.70. The number of nitrogens with zero attached hydrogens (tertiary/aromatic N) is 3. The van der Waals surface area contributed by atoms with E-state index >= 15 is 0 Å². The lowest BCUT2D eigenvalue weighted by atomic mass is 10.1. The Morgan fingerprint density at radius 3 is 2.18 bits per heavy atom. The van der Waals surface area contributed by atoms with Crippen molar-refractivity contribution in [2.75, 3.05) is 32.6 Å². The molecule has 8 heteroatoms. The second-order valence-electron chi connectivity index (χ2n) is 7.92. The molecule has 1 aliphatic carbocycles. The minimum atomic E-state index is -0.285. The Morgan fingerprint density at radius 2 is 1.64 bits per heavy atom. The summed E-state index contributed by atoms with van der Waals surface area (Å²) in [4.78, 5) is 31.5. The predicted molar refractivity (Wildman–Crippen MR) is 126 cm³/mol. The fraction of sp³-hybridized carbons (Fsp3) is 0.320. The molecule has 8 nitrogen and oxygen atoms in total. The number of hydrogen-bond donors (Lipinski definition) is 1. The first-order valence-electron chi connectivity index (χ1n) is 11.0. The number of imidazole rings is 1. The maximum absolute atomic E-state index is 12.8. The number of benzene rings is 2. The molecule has 1 aliphatic rings. The van der Waals surface area contributed by atoms with Crippen molar-refractivity contribution in [1.29, 1.82) is 0 Å². The molecule has 0 aliphatic heterocycles. The average molecular weight is 449 g/mol. The van der Waals surface area contributed by atoms with Crippen molar-refractivity contribution in [2.24, 2.45) is 5.92 Å². The third-order valence-electron chi connectivity index (χ3n) is 5.65. The molecule has 1 N–H and O–H groups in total. The van der Waals surface area contributed by atoms with Gasteiger partial charge in [-0.25, -0.2) is 4.98 Å². The zero-order valence-electron chi connectivity index (χ0n) is 19.1. The van der Waals surface area contributed by atoms with Crippen molar-refractivity contribution in [3.63, 3.8) is 0 Å². The van der Waals surface area contributed by atoms with Crippen LogP contribution < -0.4 is 14.8 Å². The molecule has 1 saturated carbocycles. The lowest BCUT2D eigenvalue weighted by Gasteiger charge is -2.20. The van der Waals surface area contributed by atoms with Gasteiger partial charge >= 0.3 is 0 Å². The van der Waals surface area contributed by atoms with Crippen LogP contribution in [0.5, 0.6) is 11.5 Å². The molecule has 2 aromatic carbocycles. The zero-order chi connectivity index (χ0) is 23.4. The van der Waals surface area contributed by atoms with E-state index < -0.39 is 0 Å². The number of anilines is 1. The van der Waals surface area contributed by atoms with Gasteiger partial charge in [-0.1, -0.05) is 0 Å². The normalized spacial score (nSPS) is 12.8. The summed E-state index contributed by atoms with van der Waals surface area (Å²) in [6.45, 7) is 2.37. The van der Waals surface area contributed by atoms with Crippen molar-refractivity contribution in [3.8, 4) is 28.4 Å². The number of carbonyl (C=O) groups is 2. The summed E-state index contributed by atoms with van der Waals surface area (Å²) in [7, 11) is 3.23. The van der Waals surface area contributed by atoms with Crippen LogP contribution in [-0.2, 0) is 9.59 Å². The third-order valence-corrected chi connectivity index (χ3v) is 5.65. The van der Waals surface area contributed by atoms with Gasteiger partial charge in [0.1, 0.15) is 11.5 Å². The number of amides is 2. The van der Waals surface area contributed by atoms with Gasteiger partial charge in [-0.2, -0.15) is 0 Å². The molecule has 1 fully saturated rings. The molecule has 1 aromatic heterocycles. The van der Waals surface area contributed by atoms with Crippen LogP contribution in [0.4, 0.5) is 5.95 Å². The first-order valence-corrected chi connectivity index (χ1v) is 11.0. The summed E-state index contributed by atoms with van der Waals surface area (Å²) in [5.41, 5.74) is 2.41. The number of likely N-dealkylation sites (N-methyl/N-ethyl adjacent to an activating group) is 1. The first kappa shape index (κ1) is 22.4. The van der Waals surface area contributed by atoms with Gasteiger partial charge in [-0.15, -0.1) is 0 Å². The number of methoxy groups -OCH3 is 2. The highest BCUT2D eigenvalue weighted by atomic mass is 16.5. The second kappa shape index (κ2) is 9.77. The average Bonchev–Trinajstić information content (AvgIpc) is 3.62. The van der Waals surface area contributed by atoms with Crippen LogP contribution in [0.1, 0.15) is 19.8 Å². The molecule has 172 valence electrons. The Balaban J connectivity index is 1.61. The van der Waals surface area contributed by atoms with Crippen molar-refractivity contribution in [1.82, 2.24) is 14.5 Å². The molecule has 0 unspecified atom stereocenters. The van der Waals surface area contributed by atoms with E-state index in [1.54, 1.807) is 19.1 Å². The van der Waals surface area contributed by atoms with Crippen molar-refractivity contribution < 1.29 is 19.1 Å². The Kier molecular flexibility index (Phi) is 6.63. The van der Waals surface area contributed by atoms with E-state index in [0.29, 0.717) is 18.2 Å². The molecule has 4 rings (SSSR count). The van der Waals surface area contributed by atoms with Crippen molar-refractivity contribution in [3.05, 3.63) is 54.7 Å². The Bertz CT molecular complexity index is 1120. The SMILES string of the molecule is CCN(CC(=O)Nc1nc(-c2ccc(OC)cc2)cn1-c1ccc(OC)cc1)C(=O)C1CC1. The van der Waals surface area contributed by atoms with Crippen LogP contribution in [0.15, 0.2) is 54.7 Å². The van der Waals surface area contributed by atoms with Crippen molar-refractivity contribution in [2.45, 2.75) is 19.8 Å². The van der Waals surface area contributed by atoms with E-state index in [1.165, 1.54) is 0 Å². The molecule has 0 spiro atoms. The fourth-order valence-corrected chi connectivity index (χ4v) is 3.58. The molecule has 0 saturated heterocycles. The summed E-state index contributed by atoms with van der Waals surface area (Å²) in [5, 5.41) is 2.89. The van der Waals surface area contributed by atoms with E-state index in [1.807, 2.05) is 66.2 Å². The van der Waals surface area contributed by atoms with Gasteiger partial charge < -0.3 is 14.4 Å². The van der Waals surface area contributed by atoms with Gasteiger partial charge in [0.25, 0.3) is 0 Å². The van der Waals surface area contributed by atoms with E-state index in [4.69, 9.17) is 9.47 Å². The standard InChI is InChI=1S/C25H28N4O4/c1-4-28(24(31)18-5-6-18)16-23(30)27-25-26-22(17-7-11-20(32-2)12-8-17)15-29(25)19-9-13-21(33-3)14-10-19/h7-15,18H,4-6,16H2,1-3H3,(H,26,27,30). The van der Waals surface area contributed by atoms with E-state index in [9.17, 15) is 9.59 Å². The highest BCUT2D eigenvalue weighted by molar-refractivity contribution is 5.94. The lowest BCUT2D eigenvalue weighted by molar-refractivity contribution is -0.135. The Morgan fingerprint density at radius 1 is 1.03 bits per heavy atom. The number of aromatic nitrogens is 2. The van der Waals surface area contributed by atoms with Crippen molar-refractivity contribution >= 4 is 17.8 Å². The molecule has 0 radical (unpaired) electrons. The molecule has 0 bridgehead atoms. The zero-order valence-corrected chi connectivity index (χ0v) is 19.1. The highest BCUT2D eigenvalue weighted by Crippen LogP contribution is 2.31. The fourth-order valence-electron chi connectivity index (χ4n) is 3.58. The second-order valence-corrected chi connectivity index (χ2v) is 7.92. The Hall–Kier alpha value is -3.81. The summed E-state index contributed by atoms with van der Waals surface area (Å²) < 4.78 is 12.3. The van der Waals surface area contributed by atoms with Gasteiger partial charge in [0, 0.05) is 29.9 Å². The molecule has 2 amide bonds. The van der Waals surface area contributed by atoms with Gasteiger partial charge in [-0.05, 0) is 68.3 Å². The van der Waals surface area contributed by atoms with Gasteiger partial charge in [0.15, 0.2) is 0 Å². The Labute approximate surface area is 193 Å². The van der Waals surface area contributed by atoms with E-state index in [2.05, 4.69) is 10.3 Å². The number of carbonyl (C=O) groups excluding carboxylic acids is 2. The van der Waals surface area contributed by atoms with Crippen LogP contribution >= 0.6 is 0 Å². The minimum absolute atomic E-state index is 0.000818. The highest BCUT2D eigenvalue weighted by Gasteiger charge is 2.33. The molecule has 3 aromatic rings. The smallest absolute Gasteiger partial charge is 0.246 e. The molecular formula is C25H28N4O4. The number of rotatable bonds is 9. The molecule has 0 atom stereocenters. The van der Waals surface area contributed by atoms with Gasteiger partial charge in [-0.3, -0.25) is 19.5 Å². The minimum Gasteiger partial charge on any atom is -0.497 e. The summed E-state index contributed by atoms with van der Waals surface area (Å²) in [6, 6.07) is 15.0. The predicted octanol–water partition coefficient (Wildman–Crippen LogP) is 3.75. The van der Waals surface area contributed by atoms with E-state index in [0.717, 1.165) is 35.6 Å². The number of hydrogen-bond acceptors (Lipinski definition) is 5.